The van der Waals surface area contributed by atoms with Gasteiger partial charge in [0.1, 0.15) is 18.4 Å². The molecule has 2 aromatic carbocycles. The molecule has 0 amide bonds. The van der Waals surface area contributed by atoms with Crippen LogP contribution in [-0.4, -0.2) is 33.9 Å². The van der Waals surface area contributed by atoms with Crippen molar-refractivity contribution in [3.63, 3.8) is 0 Å². The first-order chi connectivity index (χ1) is 15.1. The van der Waals surface area contributed by atoms with E-state index in [-0.39, 0.29) is 5.97 Å². The minimum Gasteiger partial charge on any atom is -0.492 e. The average Bonchev–Trinajstić information content (AvgIpc) is 3.30. The van der Waals surface area contributed by atoms with E-state index in [9.17, 15) is 4.79 Å². The van der Waals surface area contributed by atoms with Crippen molar-refractivity contribution in [2.24, 2.45) is 7.05 Å². The van der Waals surface area contributed by atoms with Gasteiger partial charge in [0, 0.05) is 12.7 Å². The lowest BCUT2D eigenvalue weighted by Gasteiger charge is -2.12. The Morgan fingerprint density at radius 1 is 0.968 bits per heavy atom. The monoisotopic (exact) mass is 428 g/mol. The predicted molar refractivity (Wildman–Crippen MR) is 127 cm³/mol. The zero-order valence-electron chi connectivity index (χ0n) is 19.8. The first-order valence-corrected chi connectivity index (χ1v) is 10.7. The second-order valence-electron chi connectivity index (χ2n) is 5.42. The minimum atomic E-state index is -0.307. The fourth-order valence-electron chi connectivity index (χ4n) is 2.18. The molecule has 7 heteroatoms. The summed E-state index contributed by atoms with van der Waals surface area (Å²) in [4.78, 5) is 15.3. The largest absolute Gasteiger partial charge is 0.492 e. The van der Waals surface area contributed by atoms with E-state index in [1.54, 1.807) is 30.1 Å². The number of aryl methyl sites for hydroxylation is 1. The van der Waals surface area contributed by atoms with Crippen LogP contribution in [0.15, 0.2) is 61.2 Å². The standard InChI is InChI=1S/C17H19NO3.C3H5N3.2C2H6/c1-3-20-16-8-6-5-7-15(16)18-14-11-9-13(10-12-14)17(19)21-4-2;1-6-3-4-2-5-6;2*1-2/h5-12,18H,3-4H2,1-2H3;2-3H,1H3;2*1-2H3. The molecule has 3 rings (SSSR count). The maximum absolute atomic E-state index is 11.6. The average molecular weight is 429 g/mol. The quantitative estimate of drug-likeness (QED) is 0.495. The minimum absolute atomic E-state index is 0.307. The Morgan fingerprint density at radius 3 is 2.10 bits per heavy atom. The Bertz CT molecular complexity index is 819. The smallest absolute Gasteiger partial charge is 0.338 e. The van der Waals surface area contributed by atoms with Crippen LogP contribution in [-0.2, 0) is 11.8 Å². The summed E-state index contributed by atoms with van der Waals surface area (Å²) in [5.74, 6) is 0.494. The SMILES string of the molecule is CC.CC.CCOC(=O)c1ccc(Nc2ccccc2OCC)cc1.Cn1cncn1. The fourth-order valence-corrected chi connectivity index (χ4v) is 2.18. The van der Waals surface area contributed by atoms with Gasteiger partial charge in [-0.3, -0.25) is 4.68 Å². The van der Waals surface area contributed by atoms with Crippen LogP contribution in [0.1, 0.15) is 51.9 Å². The highest BCUT2D eigenvalue weighted by Gasteiger charge is 2.07. The summed E-state index contributed by atoms with van der Waals surface area (Å²) in [6.45, 7) is 12.7. The molecule has 0 aliphatic carbocycles. The maximum Gasteiger partial charge on any atom is 0.338 e. The Labute approximate surface area is 186 Å². The third-order valence-corrected chi connectivity index (χ3v) is 3.40. The van der Waals surface area contributed by atoms with Crippen LogP contribution in [0.25, 0.3) is 0 Å². The predicted octanol–water partition coefficient (Wildman–Crippen LogP) is 5.87. The van der Waals surface area contributed by atoms with E-state index in [2.05, 4.69) is 15.4 Å². The molecule has 1 aromatic heterocycles. The molecule has 0 radical (unpaired) electrons. The summed E-state index contributed by atoms with van der Waals surface area (Å²) in [5, 5.41) is 7.00. The maximum atomic E-state index is 11.6. The second-order valence-corrected chi connectivity index (χ2v) is 5.42. The molecule has 0 saturated carbocycles. The van der Waals surface area contributed by atoms with Gasteiger partial charge in [-0.1, -0.05) is 39.8 Å². The van der Waals surface area contributed by atoms with Crippen LogP contribution in [0.4, 0.5) is 11.4 Å². The zero-order chi connectivity index (χ0) is 23.5. The number of hydrogen-bond donors (Lipinski definition) is 1. The van der Waals surface area contributed by atoms with Gasteiger partial charge < -0.3 is 14.8 Å². The second kappa shape index (κ2) is 17.5. The molecule has 0 atom stereocenters. The number of ether oxygens (including phenoxy) is 2. The summed E-state index contributed by atoms with van der Waals surface area (Å²) < 4.78 is 12.2. The van der Waals surface area contributed by atoms with Crippen molar-refractivity contribution in [2.45, 2.75) is 41.5 Å². The Balaban J connectivity index is 0.000000753. The summed E-state index contributed by atoms with van der Waals surface area (Å²) >= 11 is 0. The highest BCUT2D eigenvalue weighted by atomic mass is 16.5. The lowest BCUT2D eigenvalue weighted by Crippen LogP contribution is -2.04. The number of rotatable bonds is 6. The molecule has 31 heavy (non-hydrogen) atoms. The van der Waals surface area contributed by atoms with Crippen molar-refractivity contribution in [3.8, 4) is 5.75 Å². The van der Waals surface area contributed by atoms with Crippen molar-refractivity contribution in [2.75, 3.05) is 18.5 Å². The molecule has 0 fully saturated rings. The summed E-state index contributed by atoms with van der Waals surface area (Å²) in [7, 11) is 1.83. The van der Waals surface area contributed by atoms with Gasteiger partial charge in [0.05, 0.1) is 24.5 Å². The summed E-state index contributed by atoms with van der Waals surface area (Å²) in [6, 6.07) is 14.9. The summed E-state index contributed by atoms with van der Waals surface area (Å²) in [5.41, 5.74) is 2.32. The van der Waals surface area contributed by atoms with Crippen LogP contribution < -0.4 is 10.1 Å². The number of aromatic nitrogens is 3. The number of anilines is 2. The molecular weight excluding hydrogens is 392 g/mol. The van der Waals surface area contributed by atoms with Crippen LogP contribution >= 0.6 is 0 Å². The van der Waals surface area contributed by atoms with Crippen molar-refractivity contribution in [3.05, 3.63) is 66.7 Å². The van der Waals surface area contributed by atoms with E-state index in [1.807, 2.05) is 78.1 Å². The van der Waals surface area contributed by atoms with Gasteiger partial charge in [-0.15, -0.1) is 0 Å². The number of hydrogen-bond acceptors (Lipinski definition) is 6. The molecule has 0 aliphatic rings. The molecule has 0 aliphatic heterocycles. The van der Waals surface area contributed by atoms with Gasteiger partial charge in [0.25, 0.3) is 0 Å². The molecule has 170 valence electrons. The van der Waals surface area contributed by atoms with Gasteiger partial charge in [0.15, 0.2) is 0 Å². The Morgan fingerprint density at radius 2 is 1.61 bits per heavy atom. The number of para-hydroxylation sites is 2. The van der Waals surface area contributed by atoms with Crippen LogP contribution in [0, 0.1) is 0 Å². The third-order valence-electron chi connectivity index (χ3n) is 3.40. The molecule has 7 nitrogen and oxygen atoms in total. The highest BCUT2D eigenvalue weighted by Crippen LogP contribution is 2.27. The lowest BCUT2D eigenvalue weighted by molar-refractivity contribution is 0.0526. The molecule has 1 N–H and O–H groups in total. The molecule has 3 aromatic rings. The first-order valence-electron chi connectivity index (χ1n) is 10.7. The number of carbonyl (C=O) groups excluding carboxylic acids is 1. The van der Waals surface area contributed by atoms with Gasteiger partial charge in [-0.25, -0.2) is 9.78 Å². The Hall–Kier alpha value is -3.35. The van der Waals surface area contributed by atoms with Crippen molar-refractivity contribution in [1.82, 2.24) is 14.8 Å². The van der Waals surface area contributed by atoms with E-state index in [0.717, 1.165) is 17.1 Å². The zero-order valence-corrected chi connectivity index (χ0v) is 19.8. The van der Waals surface area contributed by atoms with E-state index in [4.69, 9.17) is 9.47 Å². The Kier molecular flexibility index (Phi) is 15.6. The van der Waals surface area contributed by atoms with Gasteiger partial charge in [0.2, 0.25) is 0 Å². The van der Waals surface area contributed by atoms with Crippen LogP contribution in [0.5, 0.6) is 5.75 Å². The molecule has 0 bridgehead atoms. The first kappa shape index (κ1) is 27.6. The van der Waals surface area contributed by atoms with Crippen molar-refractivity contribution < 1.29 is 14.3 Å². The van der Waals surface area contributed by atoms with Crippen LogP contribution in [0.3, 0.4) is 0 Å². The number of carbonyl (C=O) groups is 1. The van der Waals surface area contributed by atoms with E-state index in [0.29, 0.717) is 18.8 Å². The summed E-state index contributed by atoms with van der Waals surface area (Å²) in [6.07, 6.45) is 3.14. The fraction of sp³-hybridized carbons (Fsp3) is 0.375. The molecule has 0 spiro atoms. The van der Waals surface area contributed by atoms with E-state index >= 15 is 0 Å². The number of nitrogens with one attached hydrogen (secondary N) is 1. The lowest BCUT2D eigenvalue weighted by atomic mass is 10.2. The van der Waals surface area contributed by atoms with Gasteiger partial charge >= 0.3 is 5.97 Å². The number of benzene rings is 2. The topological polar surface area (TPSA) is 78.3 Å². The number of nitrogens with zero attached hydrogens (tertiary/aromatic N) is 3. The highest BCUT2D eigenvalue weighted by molar-refractivity contribution is 5.90. The molecular formula is C24H36N4O3. The third kappa shape index (κ3) is 10.8. The van der Waals surface area contributed by atoms with Crippen molar-refractivity contribution >= 4 is 17.3 Å². The normalized spacial score (nSPS) is 8.87. The molecule has 1 heterocycles. The number of esters is 1. The van der Waals surface area contributed by atoms with E-state index in [1.165, 1.54) is 6.33 Å². The van der Waals surface area contributed by atoms with Crippen LogP contribution in [0.2, 0.25) is 0 Å². The molecule has 0 unspecified atom stereocenters. The van der Waals surface area contributed by atoms with E-state index < -0.39 is 0 Å². The molecule has 0 saturated heterocycles. The van der Waals surface area contributed by atoms with Gasteiger partial charge in [-0.2, -0.15) is 5.10 Å². The van der Waals surface area contributed by atoms with Gasteiger partial charge in [-0.05, 0) is 50.2 Å². The van der Waals surface area contributed by atoms with Crippen molar-refractivity contribution in [1.29, 1.82) is 0 Å².